The Labute approximate surface area is 128 Å². The summed E-state index contributed by atoms with van der Waals surface area (Å²) in [6.07, 6.45) is 6.49. The molecular weight excluding hydrogens is 260 g/mol. The minimum Gasteiger partial charge on any atom is -0.330 e. The van der Waals surface area contributed by atoms with Crippen molar-refractivity contribution in [3.8, 4) is 0 Å². The summed E-state index contributed by atoms with van der Waals surface area (Å²) in [5.41, 5.74) is 8.25. The lowest BCUT2D eigenvalue weighted by Gasteiger charge is -2.37. The molecule has 0 saturated heterocycles. The second kappa shape index (κ2) is 7.08. The number of hydrogen-bond donors (Lipinski definition) is 1. The predicted molar refractivity (Wildman–Crippen MR) is 88.4 cm³/mol. The minimum atomic E-state index is 0.0332. The number of nitrogens with zero attached hydrogens (tertiary/aromatic N) is 1. The number of nitrogens with two attached hydrogens (primary N) is 1. The van der Waals surface area contributed by atoms with Crippen molar-refractivity contribution in [1.29, 1.82) is 0 Å². The average molecular weight is 288 g/mol. The van der Waals surface area contributed by atoms with Gasteiger partial charge >= 0.3 is 0 Å². The molecule has 3 heteroatoms. The lowest BCUT2D eigenvalue weighted by atomic mass is 9.71. The first-order chi connectivity index (χ1) is 10.1. The Bertz CT molecular complexity index is 478. The van der Waals surface area contributed by atoms with Gasteiger partial charge in [0, 0.05) is 18.7 Å². The van der Waals surface area contributed by atoms with E-state index in [1.807, 2.05) is 30.0 Å². The van der Waals surface area contributed by atoms with Gasteiger partial charge in [0.1, 0.15) is 0 Å². The highest BCUT2D eigenvalue weighted by Gasteiger charge is 2.34. The van der Waals surface area contributed by atoms with Gasteiger partial charge in [0.25, 0.3) is 0 Å². The number of carbonyl (C=O) groups is 1. The summed E-state index contributed by atoms with van der Waals surface area (Å²) in [6, 6.07) is 8.11. The molecule has 1 aromatic carbocycles. The molecule has 1 aromatic rings. The molecule has 0 spiro atoms. The van der Waals surface area contributed by atoms with Crippen LogP contribution in [0, 0.1) is 12.3 Å². The van der Waals surface area contributed by atoms with Gasteiger partial charge in [-0.25, -0.2) is 0 Å². The Balaban J connectivity index is 2.15. The monoisotopic (exact) mass is 288 g/mol. The van der Waals surface area contributed by atoms with Crippen molar-refractivity contribution >= 4 is 11.6 Å². The van der Waals surface area contributed by atoms with Gasteiger partial charge in [-0.1, -0.05) is 37.5 Å². The summed E-state index contributed by atoms with van der Waals surface area (Å²) in [7, 11) is 0. The maximum absolute atomic E-state index is 12.8. The van der Waals surface area contributed by atoms with Crippen LogP contribution in [0.25, 0.3) is 0 Å². The molecular formula is C18H28N2O. The fraction of sp³-hybridized carbons (Fsp3) is 0.611. The molecule has 0 aromatic heterocycles. The zero-order chi connectivity index (χ0) is 15.3. The number of benzene rings is 1. The van der Waals surface area contributed by atoms with Crippen LogP contribution in [0.4, 0.5) is 5.69 Å². The molecule has 0 atom stereocenters. The predicted octanol–water partition coefficient (Wildman–Crippen LogP) is 3.65. The first kappa shape index (κ1) is 16.0. The van der Waals surface area contributed by atoms with Gasteiger partial charge in [-0.15, -0.1) is 0 Å². The van der Waals surface area contributed by atoms with E-state index in [0.717, 1.165) is 24.1 Å². The van der Waals surface area contributed by atoms with E-state index in [2.05, 4.69) is 13.0 Å². The van der Waals surface area contributed by atoms with Crippen molar-refractivity contribution in [3.05, 3.63) is 29.8 Å². The van der Waals surface area contributed by atoms with Crippen molar-refractivity contribution in [1.82, 2.24) is 0 Å². The molecule has 0 radical (unpaired) electrons. The van der Waals surface area contributed by atoms with Crippen LogP contribution in [-0.4, -0.2) is 19.0 Å². The van der Waals surface area contributed by atoms with Crippen LogP contribution in [0.15, 0.2) is 24.3 Å². The smallest absolute Gasteiger partial charge is 0.227 e. The van der Waals surface area contributed by atoms with Crippen LogP contribution in [0.2, 0.25) is 0 Å². The molecule has 2 N–H and O–H groups in total. The number of carbonyl (C=O) groups excluding carboxylic acids is 1. The van der Waals surface area contributed by atoms with Crippen molar-refractivity contribution in [3.63, 3.8) is 0 Å². The minimum absolute atomic E-state index is 0.0332. The van der Waals surface area contributed by atoms with Crippen LogP contribution < -0.4 is 10.6 Å². The Kier molecular flexibility index (Phi) is 5.40. The molecule has 1 aliphatic rings. The van der Waals surface area contributed by atoms with E-state index >= 15 is 0 Å². The van der Waals surface area contributed by atoms with E-state index in [1.54, 1.807) is 0 Å². The molecule has 1 saturated carbocycles. The lowest BCUT2D eigenvalue weighted by Crippen LogP contribution is -2.40. The first-order valence-corrected chi connectivity index (χ1v) is 8.18. The normalized spacial score (nSPS) is 17.5. The zero-order valence-corrected chi connectivity index (χ0v) is 13.4. The highest BCUT2D eigenvalue weighted by molar-refractivity contribution is 5.94. The van der Waals surface area contributed by atoms with Gasteiger partial charge in [0.2, 0.25) is 5.91 Å². The third-order valence-corrected chi connectivity index (χ3v) is 4.90. The zero-order valence-electron chi connectivity index (χ0n) is 13.4. The molecule has 116 valence electrons. The summed E-state index contributed by atoms with van der Waals surface area (Å²) in [5.74, 6) is 0.221. The fourth-order valence-electron chi connectivity index (χ4n) is 3.52. The number of para-hydroxylation sites is 1. The molecule has 0 unspecified atom stereocenters. The van der Waals surface area contributed by atoms with Gasteiger partial charge in [-0.05, 0) is 50.3 Å². The summed E-state index contributed by atoms with van der Waals surface area (Å²) in [4.78, 5) is 14.7. The van der Waals surface area contributed by atoms with E-state index < -0.39 is 0 Å². The number of hydrogen-bond acceptors (Lipinski definition) is 2. The quantitative estimate of drug-likeness (QED) is 0.899. The van der Waals surface area contributed by atoms with Gasteiger partial charge < -0.3 is 10.6 Å². The number of amides is 1. The van der Waals surface area contributed by atoms with Crippen molar-refractivity contribution in [2.75, 3.05) is 18.0 Å². The van der Waals surface area contributed by atoms with Crippen LogP contribution in [-0.2, 0) is 4.79 Å². The van der Waals surface area contributed by atoms with Crippen LogP contribution in [0.1, 0.15) is 51.0 Å². The highest BCUT2D eigenvalue weighted by Crippen LogP contribution is 2.39. The second-order valence-electron chi connectivity index (χ2n) is 6.37. The van der Waals surface area contributed by atoms with Crippen LogP contribution >= 0.6 is 0 Å². The Hall–Kier alpha value is -1.35. The molecule has 3 nitrogen and oxygen atoms in total. The average Bonchev–Trinajstić information content (AvgIpc) is 2.51. The van der Waals surface area contributed by atoms with Crippen LogP contribution in [0.5, 0.6) is 0 Å². The molecule has 0 aliphatic heterocycles. The van der Waals surface area contributed by atoms with Crippen molar-refractivity contribution < 1.29 is 4.79 Å². The van der Waals surface area contributed by atoms with Gasteiger partial charge in [0.15, 0.2) is 0 Å². The fourth-order valence-corrected chi connectivity index (χ4v) is 3.52. The van der Waals surface area contributed by atoms with E-state index in [9.17, 15) is 4.79 Å². The number of rotatable bonds is 5. The molecule has 1 aliphatic carbocycles. The summed E-state index contributed by atoms with van der Waals surface area (Å²) in [6.45, 7) is 5.44. The first-order valence-electron chi connectivity index (χ1n) is 8.18. The topological polar surface area (TPSA) is 46.3 Å². The Morgan fingerprint density at radius 2 is 1.90 bits per heavy atom. The Morgan fingerprint density at radius 3 is 2.48 bits per heavy atom. The third kappa shape index (κ3) is 3.65. The van der Waals surface area contributed by atoms with E-state index in [0.29, 0.717) is 19.5 Å². The Morgan fingerprint density at radius 1 is 1.24 bits per heavy atom. The third-order valence-electron chi connectivity index (χ3n) is 4.90. The van der Waals surface area contributed by atoms with E-state index in [4.69, 9.17) is 5.73 Å². The molecule has 1 fully saturated rings. The highest BCUT2D eigenvalue weighted by atomic mass is 16.2. The van der Waals surface area contributed by atoms with Gasteiger partial charge in [-0.2, -0.15) is 0 Å². The van der Waals surface area contributed by atoms with Gasteiger partial charge in [-0.3, -0.25) is 4.79 Å². The van der Waals surface area contributed by atoms with Gasteiger partial charge in [0.05, 0.1) is 0 Å². The largest absolute Gasteiger partial charge is 0.330 e. The maximum Gasteiger partial charge on any atom is 0.227 e. The molecule has 21 heavy (non-hydrogen) atoms. The molecule has 2 rings (SSSR count). The number of anilines is 1. The summed E-state index contributed by atoms with van der Waals surface area (Å²) < 4.78 is 0. The van der Waals surface area contributed by atoms with E-state index in [1.165, 1.54) is 19.3 Å². The van der Waals surface area contributed by atoms with Crippen LogP contribution in [0.3, 0.4) is 0 Å². The SMILES string of the molecule is CCN(C(=O)CC1(CN)CCCCC1)c1ccccc1C. The molecule has 0 heterocycles. The molecule has 1 amide bonds. The van der Waals surface area contributed by atoms with Crippen molar-refractivity contribution in [2.45, 2.75) is 52.4 Å². The standard InChI is InChI=1S/C18H28N2O/c1-3-20(16-10-6-5-9-15(16)2)17(21)13-18(14-19)11-7-4-8-12-18/h5-6,9-10H,3-4,7-8,11-14,19H2,1-2H3. The maximum atomic E-state index is 12.8. The van der Waals surface area contributed by atoms with E-state index in [-0.39, 0.29) is 11.3 Å². The molecule has 0 bridgehead atoms. The summed E-state index contributed by atoms with van der Waals surface area (Å²) >= 11 is 0. The van der Waals surface area contributed by atoms with Crippen molar-refractivity contribution in [2.24, 2.45) is 11.1 Å². The second-order valence-corrected chi connectivity index (χ2v) is 6.37. The summed E-state index contributed by atoms with van der Waals surface area (Å²) in [5, 5.41) is 0. The lowest BCUT2D eigenvalue weighted by molar-refractivity contribution is -0.121. The number of aryl methyl sites for hydroxylation is 1.